The van der Waals surface area contributed by atoms with Gasteiger partial charge in [0.15, 0.2) is 0 Å². The van der Waals surface area contributed by atoms with Gasteiger partial charge in [-0.3, -0.25) is 0 Å². The summed E-state index contributed by atoms with van der Waals surface area (Å²) in [5.74, 6) is 5.58. The van der Waals surface area contributed by atoms with Crippen molar-refractivity contribution in [1.82, 2.24) is 0 Å². The first-order chi connectivity index (χ1) is 18.4. The van der Waals surface area contributed by atoms with Gasteiger partial charge < -0.3 is 13.3 Å². The number of rotatable bonds is 6. The highest BCUT2D eigenvalue weighted by atomic mass is 16.3. The highest BCUT2D eigenvalue weighted by Gasteiger charge is 2.13. The van der Waals surface area contributed by atoms with E-state index in [0.29, 0.717) is 35.5 Å². The molecule has 0 saturated heterocycles. The van der Waals surface area contributed by atoms with Crippen molar-refractivity contribution in [2.24, 2.45) is 0 Å². The number of hydrogen-bond acceptors (Lipinski definition) is 3. The predicted octanol–water partition coefficient (Wildman–Crippen LogP) is 16.2. The van der Waals surface area contributed by atoms with E-state index in [4.69, 9.17) is 13.3 Å². The normalized spacial score (nSPS) is 9.21. The van der Waals surface area contributed by atoms with E-state index in [0.717, 1.165) is 11.5 Å². The maximum Gasteiger partial charge on any atom is 0.109 e. The van der Waals surface area contributed by atoms with Crippen LogP contribution in [0.2, 0.25) is 0 Å². The van der Waals surface area contributed by atoms with Crippen molar-refractivity contribution in [2.75, 3.05) is 0 Å². The quantitative estimate of drug-likeness (QED) is 0.279. The van der Waals surface area contributed by atoms with Crippen LogP contribution in [0.3, 0.4) is 0 Å². The maximum atomic E-state index is 5.39. The summed E-state index contributed by atoms with van der Waals surface area (Å²) in [6.45, 7) is 38.2. The molecule has 3 heteroatoms. The SMILES string of the molecule is C.C.C.C.CC.CC.CC.CC(C)c1ccoc1C(C)C.CC(C)c1ccoc1C(C)C.CC(C)c1cocc1C(C)C. The summed E-state index contributed by atoms with van der Waals surface area (Å²) in [5, 5.41) is 0. The van der Waals surface area contributed by atoms with Crippen LogP contribution in [0.15, 0.2) is 50.4 Å². The summed E-state index contributed by atoms with van der Waals surface area (Å²) in [4.78, 5) is 0. The maximum absolute atomic E-state index is 5.39. The molecule has 0 radical (unpaired) electrons. The molecule has 0 unspecified atom stereocenters. The molecule has 0 aliphatic rings. The zero-order valence-corrected chi connectivity index (χ0v) is 29.2. The fourth-order valence-corrected chi connectivity index (χ4v) is 3.81. The van der Waals surface area contributed by atoms with Gasteiger partial charge in [-0.25, -0.2) is 0 Å². The number of hydrogen-bond donors (Lipinski definition) is 0. The van der Waals surface area contributed by atoms with Crippen molar-refractivity contribution < 1.29 is 13.3 Å². The van der Waals surface area contributed by atoms with Crippen molar-refractivity contribution in [3.05, 3.63) is 71.0 Å². The minimum Gasteiger partial charge on any atom is -0.472 e. The lowest BCUT2D eigenvalue weighted by atomic mass is 9.95. The first-order valence-electron chi connectivity index (χ1n) is 15.6. The predicted molar refractivity (Wildman–Crippen MR) is 202 cm³/mol. The molecular weight excluding hydrogens is 528 g/mol. The Kier molecular flexibility index (Phi) is 43.1. The second-order valence-corrected chi connectivity index (χ2v) is 10.7. The zero-order valence-electron chi connectivity index (χ0n) is 29.2. The molecule has 3 rings (SSSR count). The fourth-order valence-electron chi connectivity index (χ4n) is 3.81. The summed E-state index contributed by atoms with van der Waals surface area (Å²) in [6.07, 6.45) is 7.29. The first kappa shape index (κ1) is 56.6. The Morgan fingerprint density at radius 1 is 0.372 bits per heavy atom. The van der Waals surface area contributed by atoms with E-state index in [1.807, 2.05) is 54.1 Å². The van der Waals surface area contributed by atoms with Gasteiger partial charge in [-0.15, -0.1) is 0 Å². The van der Waals surface area contributed by atoms with Gasteiger partial charge in [-0.1, -0.05) is 154 Å². The third-order valence-corrected chi connectivity index (χ3v) is 5.71. The lowest BCUT2D eigenvalue weighted by molar-refractivity contribution is 0.479. The van der Waals surface area contributed by atoms with Crippen molar-refractivity contribution >= 4 is 0 Å². The standard InChI is InChI=1S/3C10H16O.3C2H6.4CH4/c1-7(2)9-5-11-6-10(9)8(3)4;2*1-7(2)9-5-6-11-10(9)8(3)4;3*1-2;;;;/h3*5-8H,1-4H3;3*1-2H3;4*1H4. The molecule has 3 aromatic rings. The zero-order chi connectivity index (χ0) is 31.3. The third kappa shape index (κ3) is 21.2. The molecule has 3 aromatic heterocycles. The summed E-state index contributed by atoms with van der Waals surface area (Å²) in [6, 6.07) is 4.14. The van der Waals surface area contributed by atoms with Gasteiger partial charge in [0.2, 0.25) is 0 Å². The summed E-state index contributed by atoms with van der Waals surface area (Å²) in [5.41, 5.74) is 5.39. The third-order valence-electron chi connectivity index (χ3n) is 5.71. The Morgan fingerprint density at radius 2 is 0.605 bits per heavy atom. The van der Waals surface area contributed by atoms with E-state index in [9.17, 15) is 0 Å². The van der Waals surface area contributed by atoms with Crippen LogP contribution < -0.4 is 0 Å². The smallest absolute Gasteiger partial charge is 0.109 e. The fraction of sp³-hybridized carbons (Fsp3) is 0.700. The molecule has 0 aromatic carbocycles. The Hall–Kier alpha value is -2.16. The van der Waals surface area contributed by atoms with Crippen molar-refractivity contribution in [3.63, 3.8) is 0 Å². The highest BCUT2D eigenvalue weighted by Crippen LogP contribution is 2.28. The lowest BCUT2D eigenvalue weighted by Crippen LogP contribution is -1.93. The lowest BCUT2D eigenvalue weighted by Gasteiger charge is -2.07. The second-order valence-electron chi connectivity index (χ2n) is 10.7. The molecule has 3 heterocycles. The highest BCUT2D eigenvalue weighted by molar-refractivity contribution is 5.27. The summed E-state index contributed by atoms with van der Waals surface area (Å²) in [7, 11) is 0. The van der Waals surface area contributed by atoms with Gasteiger partial charge in [0.05, 0.1) is 25.1 Å². The largest absolute Gasteiger partial charge is 0.472 e. The van der Waals surface area contributed by atoms with E-state index >= 15 is 0 Å². The van der Waals surface area contributed by atoms with Crippen molar-refractivity contribution in [2.45, 2.75) is 190 Å². The molecule has 0 saturated carbocycles. The minimum atomic E-state index is 0. The molecule has 0 fully saturated rings. The van der Waals surface area contributed by atoms with E-state index in [1.54, 1.807) is 12.5 Å². The van der Waals surface area contributed by atoms with E-state index < -0.39 is 0 Å². The molecule has 0 N–H and O–H groups in total. The molecule has 0 spiro atoms. The van der Waals surface area contributed by atoms with Crippen molar-refractivity contribution in [3.8, 4) is 0 Å². The molecule has 260 valence electrons. The van der Waals surface area contributed by atoms with Gasteiger partial charge in [0, 0.05) is 11.8 Å². The van der Waals surface area contributed by atoms with Gasteiger partial charge in [0.1, 0.15) is 11.5 Å². The minimum absolute atomic E-state index is 0. The molecule has 0 amide bonds. The molecule has 43 heavy (non-hydrogen) atoms. The van der Waals surface area contributed by atoms with Crippen LogP contribution in [0.5, 0.6) is 0 Å². The Labute approximate surface area is 273 Å². The van der Waals surface area contributed by atoms with Crippen LogP contribution in [-0.4, -0.2) is 0 Å². The monoisotopic (exact) mass is 611 g/mol. The van der Waals surface area contributed by atoms with Gasteiger partial charge in [-0.2, -0.15) is 0 Å². The van der Waals surface area contributed by atoms with Crippen LogP contribution in [0.4, 0.5) is 0 Å². The molecule has 0 aliphatic carbocycles. The average molecular weight is 611 g/mol. The Balaban J connectivity index is -0.0000000795. The second kappa shape index (κ2) is 32.7. The molecule has 0 bridgehead atoms. The molecule has 3 nitrogen and oxygen atoms in total. The molecule has 0 aliphatic heterocycles. The summed E-state index contributed by atoms with van der Waals surface area (Å²) >= 11 is 0. The van der Waals surface area contributed by atoms with E-state index in [1.165, 1.54) is 22.3 Å². The Bertz CT molecular complexity index is 715. The Morgan fingerprint density at radius 3 is 0.767 bits per heavy atom. The van der Waals surface area contributed by atoms with Gasteiger partial charge in [-0.05, 0) is 58.1 Å². The van der Waals surface area contributed by atoms with Crippen LogP contribution in [0, 0.1) is 0 Å². The van der Waals surface area contributed by atoms with Crippen LogP contribution in [-0.2, 0) is 0 Å². The van der Waals surface area contributed by atoms with Crippen LogP contribution >= 0.6 is 0 Å². The summed E-state index contributed by atoms with van der Waals surface area (Å²) < 4.78 is 15.9. The topological polar surface area (TPSA) is 39.4 Å². The first-order valence-corrected chi connectivity index (χ1v) is 15.6. The van der Waals surface area contributed by atoms with Crippen LogP contribution in [0.25, 0.3) is 0 Å². The van der Waals surface area contributed by atoms with Gasteiger partial charge >= 0.3 is 0 Å². The molecule has 0 atom stereocenters. The molecular formula is C40H82O3. The van der Waals surface area contributed by atoms with Gasteiger partial charge in [0.25, 0.3) is 0 Å². The van der Waals surface area contributed by atoms with Crippen LogP contribution in [0.1, 0.15) is 224 Å². The average Bonchev–Trinajstić information content (AvgIpc) is 3.68. The number of furan rings is 3. The van der Waals surface area contributed by atoms with Crippen molar-refractivity contribution in [1.29, 1.82) is 0 Å². The van der Waals surface area contributed by atoms with E-state index in [2.05, 4.69) is 95.2 Å². The van der Waals surface area contributed by atoms with E-state index in [-0.39, 0.29) is 29.7 Å².